The number of likely N-dealkylation sites (N-methyl/N-ethyl adjacent to an activating group) is 2. The Bertz CT molecular complexity index is 1730. The van der Waals surface area contributed by atoms with E-state index in [4.69, 9.17) is 14.5 Å². The van der Waals surface area contributed by atoms with Crippen molar-refractivity contribution in [2.75, 3.05) is 33.5 Å². The fraction of sp³-hybridized carbons (Fsp3) is 0.689. The second kappa shape index (κ2) is 20.6. The topological polar surface area (TPSA) is 158 Å². The number of aliphatic hydroxyl groups is 1. The van der Waals surface area contributed by atoms with Crippen LogP contribution in [0.5, 0.6) is 5.75 Å². The molecule has 1 saturated heterocycles. The number of amides is 4. The number of methoxy groups -OCH3 is 1. The molecule has 13 nitrogen and oxygen atoms in total. The molecule has 2 N–H and O–H groups in total. The molecule has 0 aliphatic carbocycles. The summed E-state index contributed by atoms with van der Waals surface area (Å²) in [5.74, 6) is -1.41. The van der Waals surface area contributed by atoms with E-state index in [9.17, 15) is 29.1 Å². The van der Waals surface area contributed by atoms with Crippen molar-refractivity contribution < 1.29 is 38.6 Å². The average Bonchev–Trinajstić information content (AvgIpc) is 3.89. The molecule has 2 bridgehead atoms. The molecule has 1 fully saturated rings. The second-order valence-electron chi connectivity index (χ2n) is 18.1. The first kappa shape index (κ1) is 47.8. The normalized spacial score (nSPS) is 31.6. The van der Waals surface area contributed by atoms with Gasteiger partial charge in [0, 0.05) is 44.3 Å². The molecule has 328 valence electrons. The zero-order valence-electron chi connectivity index (χ0n) is 37.3. The van der Waals surface area contributed by atoms with Gasteiger partial charge >= 0.3 is 5.97 Å². The third-order valence-electron chi connectivity index (χ3n) is 12.4. The first-order chi connectivity index (χ1) is 27.7. The number of nitrogens with zero attached hydrogens (tertiary/aromatic N) is 4. The molecule has 1 aromatic rings. The van der Waals surface area contributed by atoms with Gasteiger partial charge in [-0.05, 0) is 74.5 Å². The SMILES string of the molecule is CCC(C)[C@@H]1C(=O)N2CCC[C@H]2C(=O)O[C@@H](C(C)(C)C)C[C@@H](C)CC(O)[C@H](C)C2=N[C@@H](/C=C(\C)C(=O)N[C@@H](Cc3ccc(OC)cc3)C(=O)N(C)[C@@H](C)C(=O)N1C)CS2. The Kier molecular flexibility index (Phi) is 16.7. The predicted octanol–water partition coefficient (Wildman–Crippen LogP) is 5.28. The van der Waals surface area contributed by atoms with Crippen LogP contribution in [0.3, 0.4) is 0 Å². The maximum atomic E-state index is 14.6. The van der Waals surface area contributed by atoms with E-state index < -0.39 is 65.5 Å². The van der Waals surface area contributed by atoms with E-state index >= 15 is 0 Å². The van der Waals surface area contributed by atoms with Gasteiger partial charge in [-0.1, -0.05) is 73.1 Å². The molecular weight excluding hydrogens is 771 g/mol. The number of nitrogens with one attached hydrogen (secondary N) is 1. The van der Waals surface area contributed by atoms with E-state index in [1.165, 1.54) is 16.8 Å². The van der Waals surface area contributed by atoms with Gasteiger partial charge in [0.2, 0.25) is 23.6 Å². The van der Waals surface area contributed by atoms with Crippen LogP contribution >= 0.6 is 11.8 Å². The largest absolute Gasteiger partial charge is 0.497 e. The minimum atomic E-state index is -1.03. The number of carbonyl (C=O) groups excluding carboxylic acids is 5. The third kappa shape index (κ3) is 11.9. The van der Waals surface area contributed by atoms with Crippen molar-refractivity contribution in [3.05, 3.63) is 41.5 Å². The number of thioether (sulfide) groups is 1. The molecule has 59 heavy (non-hydrogen) atoms. The van der Waals surface area contributed by atoms with Crippen LogP contribution in [0, 0.1) is 23.2 Å². The molecule has 10 atom stereocenters. The molecule has 14 heteroatoms. The number of esters is 1. The van der Waals surface area contributed by atoms with Gasteiger partial charge in [-0.3, -0.25) is 24.2 Å². The number of hydrogen-bond acceptors (Lipinski definition) is 10. The summed E-state index contributed by atoms with van der Waals surface area (Å²) in [7, 11) is 4.67. The van der Waals surface area contributed by atoms with Gasteiger partial charge in [0.25, 0.3) is 0 Å². The lowest BCUT2D eigenvalue weighted by Crippen LogP contribution is -2.59. The summed E-state index contributed by atoms with van der Waals surface area (Å²) in [6.45, 7) is 17.6. The van der Waals surface area contributed by atoms with Gasteiger partial charge in [-0.2, -0.15) is 0 Å². The maximum absolute atomic E-state index is 14.6. The number of cyclic esters (lactones) is 1. The van der Waals surface area contributed by atoms with Crippen LogP contribution in [0.25, 0.3) is 0 Å². The number of aliphatic imine (C=N–C) groups is 1. The zero-order chi connectivity index (χ0) is 43.9. The second-order valence-corrected chi connectivity index (χ2v) is 19.1. The first-order valence-corrected chi connectivity index (χ1v) is 22.2. The van der Waals surface area contributed by atoms with Crippen molar-refractivity contribution in [3.63, 3.8) is 0 Å². The highest BCUT2D eigenvalue weighted by molar-refractivity contribution is 8.14. The van der Waals surface area contributed by atoms with E-state index in [2.05, 4.69) is 5.32 Å². The van der Waals surface area contributed by atoms with Crippen molar-refractivity contribution in [3.8, 4) is 5.75 Å². The summed E-state index contributed by atoms with van der Waals surface area (Å²) in [6, 6.07) is 3.19. The molecule has 3 aliphatic rings. The summed E-state index contributed by atoms with van der Waals surface area (Å²) in [5.41, 5.74) is 0.758. The molecule has 0 aromatic heterocycles. The van der Waals surface area contributed by atoms with Crippen LogP contribution in [0.15, 0.2) is 40.9 Å². The van der Waals surface area contributed by atoms with Gasteiger partial charge < -0.3 is 34.6 Å². The lowest BCUT2D eigenvalue weighted by atomic mass is 9.81. The number of rotatable bonds is 5. The minimum absolute atomic E-state index is 0.00274. The molecule has 0 radical (unpaired) electrons. The zero-order valence-corrected chi connectivity index (χ0v) is 38.1. The minimum Gasteiger partial charge on any atom is -0.497 e. The van der Waals surface area contributed by atoms with E-state index in [1.54, 1.807) is 62.9 Å². The Labute approximate surface area is 356 Å². The van der Waals surface area contributed by atoms with Crippen LogP contribution in [0.1, 0.15) is 100.0 Å². The van der Waals surface area contributed by atoms with Gasteiger partial charge in [0.1, 0.15) is 36.0 Å². The van der Waals surface area contributed by atoms with Crippen LogP contribution in [0.4, 0.5) is 0 Å². The highest BCUT2D eigenvalue weighted by Gasteiger charge is 2.44. The van der Waals surface area contributed by atoms with Crippen LogP contribution in [0.2, 0.25) is 0 Å². The molecule has 0 spiro atoms. The quantitative estimate of drug-likeness (QED) is 0.377. The summed E-state index contributed by atoms with van der Waals surface area (Å²) in [5, 5.41) is 15.2. The van der Waals surface area contributed by atoms with E-state index in [1.807, 2.05) is 60.6 Å². The smallest absolute Gasteiger partial charge is 0.329 e. The third-order valence-corrected chi connectivity index (χ3v) is 13.7. The van der Waals surface area contributed by atoms with Crippen molar-refractivity contribution in [2.45, 2.75) is 143 Å². The molecule has 0 saturated carbocycles. The number of aliphatic hydroxyl groups excluding tert-OH is 1. The predicted molar refractivity (Wildman–Crippen MR) is 232 cm³/mol. The molecular formula is C45H69N5O8S. The van der Waals surface area contributed by atoms with E-state index in [0.29, 0.717) is 55.7 Å². The number of carbonyl (C=O) groups is 5. The Hall–Kier alpha value is -3.91. The highest BCUT2D eigenvalue weighted by atomic mass is 32.2. The summed E-state index contributed by atoms with van der Waals surface area (Å²) in [4.78, 5) is 80.4. The van der Waals surface area contributed by atoms with E-state index in [-0.39, 0.29) is 36.1 Å². The Morgan fingerprint density at radius 3 is 2.27 bits per heavy atom. The Morgan fingerprint density at radius 2 is 1.66 bits per heavy atom. The molecule has 1 aromatic carbocycles. The average molecular weight is 840 g/mol. The lowest BCUT2D eigenvalue weighted by Gasteiger charge is -2.39. The molecule has 3 heterocycles. The van der Waals surface area contributed by atoms with Gasteiger partial charge in [-0.15, -0.1) is 11.8 Å². The standard InChI is InChI=1S/C45H69N5O8S/c1-13-27(3)38-43(55)50-20-14-15-35(50)44(56)58-37(45(7,8)9)22-26(2)21-36(51)29(5)40-46-32(25-59-40)23-28(4)39(52)47-34(24-31-16-18-33(57-12)19-17-31)42(54)48(10)30(6)41(53)49(38)11/h16-19,23,26-27,29-30,32,34-38,51H,13-15,20-22,24-25H2,1-12H3,(H,47,52)/b28-23+/t26-,27?,29-,30-,32-,34-,35-,36?,37+,38+/m0/s1. The summed E-state index contributed by atoms with van der Waals surface area (Å²) in [6.07, 6.45) is 3.41. The summed E-state index contributed by atoms with van der Waals surface area (Å²) >= 11 is 1.56. The van der Waals surface area contributed by atoms with Crippen molar-refractivity contribution in [1.29, 1.82) is 0 Å². The molecule has 4 amide bonds. The lowest BCUT2D eigenvalue weighted by molar-refractivity contribution is -0.166. The molecule has 4 rings (SSSR count). The number of ether oxygens (including phenoxy) is 2. The highest BCUT2D eigenvalue weighted by Crippen LogP contribution is 2.34. The Morgan fingerprint density at radius 1 is 1.00 bits per heavy atom. The number of benzene rings is 1. The van der Waals surface area contributed by atoms with Crippen LogP contribution < -0.4 is 10.1 Å². The van der Waals surface area contributed by atoms with Gasteiger partial charge in [-0.25, -0.2) is 4.79 Å². The van der Waals surface area contributed by atoms with Crippen molar-refractivity contribution in [2.24, 2.45) is 28.2 Å². The fourth-order valence-corrected chi connectivity index (χ4v) is 9.25. The van der Waals surface area contributed by atoms with Crippen LogP contribution in [-0.2, 0) is 35.1 Å². The fourth-order valence-electron chi connectivity index (χ4n) is 8.11. The monoisotopic (exact) mass is 839 g/mol. The van der Waals surface area contributed by atoms with Crippen LogP contribution in [-0.4, -0.2) is 130 Å². The van der Waals surface area contributed by atoms with Gasteiger partial charge in [0.15, 0.2) is 0 Å². The number of hydrogen-bond donors (Lipinski definition) is 2. The number of fused-ring (bicyclic) bond motifs is 2. The van der Waals surface area contributed by atoms with Crippen molar-refractivity contribution in [1.82, 2.24) is 20.0 Å². The summed E-state index contributed by atoms with van der Waals surface area (Å²) < 4.78 is 11.6. The van der Waals surface area contributed by atoms with Gasteiger partial charge in [0.05, 0.1) is 24.3 Å². The molecule has 3 aliphatic heterocycles. The Balaban J connectivity index is 1.74. The van der Waals surface area contributed by atoms with Crippen molar-refractivity contribution >= 4 is 46.4 Å². The molecule has 2 unspecified atom stereocenters. The maximum Gasteiger partial charge on any atom is 0.329 e. The van der Waals surface area contributed by atoms with E-state index in [0.717, 1.165) is 10.6 Å². The first-order valence-electron chi connectivity index (χ1n) is 21.2.